The van der Waals surface area contributed by atoms with Crippen LogP contribution >= 0.6 is 0 Å². The molecule has 4 aliphatic rings. The van der Waals surface area contributed by atoms with E-state index in [1.54, 1.807) is 12.2 Å². The van der Waals surface area contributed by atoms with Gasteiger partial charge in [0.05, 0.1) is 340 Å². The average molecular weight is 1780 g/mol. The second kappa shape index (κ2) is 72.1. The van der Waals surface area contributed by atoms with Gasteiger partial charge in [0.2, 0.25) is 41.4 Å². The fourth-order valence-corrected chi connectivity index (χ4v) is 13.2. The number of guanidine groups is 1. The number of hydrogen-bond donors (Lipinski definition) is 7. The number of rotatable bonds is 85. The molecule has 0 aromatic heterocycles. The van der Waals surface area contributed by atoms with Crippen molar-refractivity contribution in [2.24, 2.45) is 69.5 Å². The number of carbonyl (C=O) groups excluding carboxylic acids is 9. The van der Waals surface area contributed by atoms with Crippen LogP contribution in [-0.4, -0.2) is 416 Å². The van der Waals surface area contributed by atoms with E-state index in [0.717, 1.165) is 7.11 Å². The number of carbonyl (C=O) groups is 9. The van der Waals surface area contributed by atoms with E-state index in [4.69, 9.17) is 121 Å². The summed E-state index contributed by atoms with van der Waals surface area (Å²) in [5.74, 6) is -7.84. The largest absolute Gasteiger partial charge is 0.469 e. The molecule has 0 radical (unpaired) electrons. The first-order chi connectivity index (χ1) is 60.4. The van der Waals surface area contributed by atoms with Gasteiger partial charge >= 0.3 is 11.9 Å². The zero-order chi connectivity index (χ0) is 89.7. The van der Waals surface area contributed by atoms with Crippen LogP contribution in [0.25, 0.3) is 0 Å². The predicted molar refractivity (Wildman–Crippen MR) is 442 cm³/mol. The lowest BCUT2D eigenvalue weighted by Crippen LogP contribution is -2.52. The normalized spacial score (nSPS) is 19.3. The maximum absolute atomic E-state index is 13.8. The monoisotopic (exact) mass is 1780 g/mol. The predicted octanol–water partition coefficient (Wildman–Crippen LogP) is -2.68. The maximum atomic E-state index is 13.8. The Labute approximate surface area is 727 Å². The number of likely N-dealkylation sites (tertiary alicyclic amines) is 2. The molecule has 2 aliphatic carbocycles. The van der Waals surface area contributed by atoms with Crippen LogP contribution in [0, 0.1) is 47.3 Å². The Bertz CT molecular complexity index is 2980. The molecule has 11 atom stereocenters. The summed E-state index contributed by atoms with van der Waals surface area (Å²) >= 11 is 0. The van der Waals surface area contributed by atoms with E-state index >= 15 is 0 Å². The Balaban J connectivity index is 0.766. The lowest BCUT2D eigenvalue weighted by Gasteiger charge is -2.20. The number of esters is 2. The van der Waals surface area contributed by atoms with E-state index in [9.17, 15) is 48.3 Å². The molecule has 2 heterocycles. The zero-order valence-corrected chi connectivity index (χ0v) is 72.6. The van der Waals surface area contributed by atoms with Crippen LogP contribution in [0.4, 0.5) is 0 Å². The first kappa shape index (κ1) is 110. The van der Waals surface area contributed by atoms with Gasteiger partial charge in [-0.1, -0.05) is 24.3 Å². The molecule has 0 bridgehead atoms. The molecule has 4 fully saturated rings. The summed E-state index contributed by atoms with van der Waals surface area (Å²) in [5, 5.41) is 16.7. The van der Waals surface area contributed by atoms with E-state index in [0.29, 0.717) is 264 Å². The minimum absolute atomic E-state index is 0.0395. The van der Waals surface area contributed by atoms with E-state index in [1.807, 2.05) is 12.2 Å². The lowest BCUT2D eigenvalue weighted by molar-refractivity contribution is -0.153. The van der Waals surface area contributed by atoms with Crippen LogP contribution in [0.2, 0.25) is 0 Å². The van der Waals surface area contributed by atoms with Crippen LogP contribution in [0.1, 0.15) is 39.0 Å². The minimum atomic E-state index is -1.27. The summed E-state index contributed by atoms with van der Waals surface area (Å²) in [7, 11) is 1.15. The van der Waals surface area contributed by atoms with E-state index in [2.05, 4.69) is 38.8 Å². The van der Waals surface area contributed by atoms with Gasteiger partial charge in [-0.25, -0.2) is 4.79 Å². The highest BCUT2D eigenvalue weighted by Crippen LogP contribution is 2.51. The maximum Gasteiger partial charge on any atom is 0.334 e. The van der Waals surface area contributed by atoms with E-state index in [-0.39, 0.29) is 125 Å². The fourth-order valence-electron chi connectivity index (χ4n) is 13.2. The molecule has 2 saturated heterocycles. The third kappa shape index (κ3) is 48.9. The molecule has 2 aliphatic heterocycles. The summed E-state index contributed by atoms with van der Waals surface area (Å²) in [4.78, 5) is 122. The molecule has 124 heavy (non-hydrogen) atoms. The number of allylic oxidation sites excluding steroid dienone is 4. The molecule has 11 unspecified atom stereocenters. The Morgan fingerprint density at radius 2 is 0.718 bits per heavy atom. The highest BCUT2D eigenvalue weighted by molar-refractivity contribution is 6.07. The highest BCUT2D eigenvalue weighted by atomic mass is 16.6. The number of nitrogens with zero attached hydrogens (tertiary/aromatic N) is 3. The number of fused-ring (bicyclic) bond motifs is 2. The number of hydrogen-bond acceptors (Lipinski definition) is 35. The number of ether oxygens (including phenoxy) is 23. The van der Waals surface area contributed by atoms with E-state index < -0.39 is 84.5 Å². The van der Waals surface area contributed by atoms with Crippen molar-refractivity contribution in [2.45, 2.75) is 57.2 Å². The molecule has 10 N–H and O–H groups in total. The number of amides is 7. The molecule has 2 saturated carbocycles. The van der Waals surface area contributed by atoms with E-state index in [1.165, 1.54) is 16.7 Å². The Kier molecular flexibility index (Phi) is 63.7. The standard InChI is InChI=1S/C82H141N9O33/c1-5-63-58-65(73-71(63)77(97)90(79(73)99)13-7-15-124-81(101)62(3)92)8-9-66-59-64(6-2)72-74(66)80(100)91(78(72)98)14-17-104-19-21-106-23-25-108-27-29-110-31-33-112-35-37-114-39-41-116-43-45-118-47-49-120-51-53-122-55-57-123-56-54-121-52-50-119-48-46-117-44-42-115-40-38-113-36-34-111-32-30-109-28-26-107-24-22-105-20-18-103-16-12-86-76(96)68(60-70(94)102-4)89-69(93)61-88-75(95)67(83)10-11-87-82(84)85/h5-6,8-9,62-68,71-74,92H,1-2,7,10-61,83H2,3-4H3,(H,86,96)(H,88,95)(H,89,93)(H4,84,85,87)/b9-8-. The van der Waals surface area contributed by atoms with Gasteiger partial charge in [0.25, 0.3) is 0 Å². The number of methoxy groups -OCH3 is 1. The lowest BCUT2D eigenvalue weighted by atomic mass is 9.86. The third-order valence-corrected chi connectivity index (χ3v) is 19.4. The molecule has 0 aromatic carbocycles. The highest BCUT2D eigenvalue weighted by Gasteiger charge is 2.59. The van der Waals surface area contributed by atoms with Crippen LogP contribution in [-0.2, 0) is 152 Å². The van der Waals surface area contributed by atoms with Crippen molar-refractivity contribution in [1.82, 2.24) is 25.8 Å². The molecular formula is C82H141N9O33. The van der Waals surface area contributed by atoms with Crippen molar-refractivity contribution in [3.63, 3.8) is 0 Å². The van der Waals surface area contributed by atoms with Crippen molar-refractivity contribution < 1.29 is 157 Å². The molecule has 712 valence electrons. The van der Waals surface area contributed by atoms with Gasteiger partial charge in [0.15, 0.2) is 5.96 Å². The quantitative estimate of drug-likeness (QED) is 0.00815. The summed E-state index contributed by atoms with van der Waals surface area (Å²) < 4.78 is 126. The average Bonchev–Trinajstić information content (AvgIpc) is 1.59. The molecule has 4 rings (SSSR count). The number of aliphatic hydroxyl groups excluding tert-OH is 1. The zero-order valence-electron chi connectivity index (χ0n) is 72.6. The molecular weight excluding hydrogens is 1640 g/mol. The van der Waals surface area contributed by atoms with Crippen molar-refractivity contribution >= 4 is 59.2 Å². The molecule has 0 aromatic rings. The second-order valence-electron chi connectivity index (χ2n) is 28.4. The topological polar surface area (TPSA) is 519 Å². The third-order valence-electron chi connectivity index (χ3n) is 19.4. The van der Waals surface area contributed by atoms with Crippen molar-refractivity contribution in [2.75, 3.05) is 324 Å². The van der Waals surface area contributed by atoms with Crippen LogP contribution in [0.15, 0.2) is 42.5 Å². The Morgan fingerprint density at radius 1 is 0.427 bits per heavy atom. The second-order valence-corrected chi connectivity index (χ2v) is 28.4. The molecule has 0 spiro atoms. The SMILES string of the molecule is C=CC1CC(/C=C\C2CC(C=C)C3C(=O)N(CCOCCOCCOCCOCCOCCOCCOCCOCCOCCOCCOCCOCCOCCOCCOCCOCCOCCOCCOCCOCCOCCNC(=O)C(CC(=O)OC)NC(=O)CNC(=O)C(N)CCN=C(N)N)C(=O)C23)C2C(=O)N(CCCOC(=O)C(C)O)C(=O)C12. The van der Waals surface area contributed by atoms with Crippen molar-refractivity contribution in [1.29, 1.82) is 0 Å². The van der Waals surface area contributed by atoms with Gasteiger partial charge < -0.3 is 147 Å². The molecule has 7 amide bonds. The van der Waals surface area contributed by atoms with Gasteiger partial charge in [-0.05, 0) is 56.3 Å². The summed E-state index contributed by atoms with van der Waals surface area (Å²) in [6.07, 6.45) is 7.17. The smallest absolute Gasteiger partial charge is 0.334 e. The number of nitrogens with two attached hydrogens (primary N) is 3. The van der Waals surface area contributed by atoms with Crippen LogP contribution in [0.3, 0.4) is 0 Å². The van der Waals surface area contributed by atoms with Crippen LogP contribution in [0.5, 0.6) is 0 Å². The Morgan fingerprint density at radius 3 is 1.01 bits per heavy atom. The minimum Gasteiger partial charge on any atom is -0.469 e. The first-order valence-corrected chi connectivity index (χ1v) is 42.8. The summed E-state index contributed by atoms with van der Waals surface area (Å²) in [5.41, 5.74) is 16.3. The van der Waals surface area contributed by atoms with Crippen molar-refractivity contribution in [3.05, 3.63) is 37.5 Å². The van der Waals surface area contributed by atoms with Gasteiger partial charge in [0.1, 0.15) is 12.1 Å². The Hall–Kier alpha value is -6.80. The van der Waals surface area contributed by atoms with Gasteiger partial charge in [-0.2, -0.15) is 0 Å². The molecule has 42 heteroatoms. The van der Waals surface area contributed by atoms with Crippen LogP contribution < -0.4 is 33.2 Å². The van der Waals surface area contributed by atoms with Gasteiger partial charge in [0, 0.05) is 19.6 Å². The van der Waals surface area contributed by atoms with Gasteiger partial charge in [-0.15, -0.1) is 13.2 Å². The van der Waals surface area contributed by atoms with Gasteiger partial charge in [-0.3, -0.25) is 53.1 Å². The van der Waals surface area contributed by atoms with Crippen molar-refractivity contribution in [3.8, 4) is 0 Å². The summed E-state index contributed by atoms with van der Waals surface area (Å²) in [6, 6.07) is -2.23. The fraction of sp³-hybridized carbons (Fsp3) is 0.805. The number of aliphatic imine (C=N–C) groups is 1. The first-order valence-electron chi connectivity index (χ1n) is 42.8. The summed E-state index contributed by atoms with van der Waals surface area (Å²) in [6.45, 7) is 25.8. The number of imide groups is 2. The number of aliphatic hydroxyl groups is 1. The number of nitrogens with one attached hydrogen (secondary N) is 3. The molecule has 42 nitrogen and oxygen atoms in total.